The molecule has 0 aromatic heterocycles. The molecule has 1 saturated heterocycles. The van der Waals surface area contributed by atoms with Crippen molar-refractivity contribution >= 4 is 11.9 Å². The van der Waals surface area contributed by atoms with Crippen LogP contribution in [0.25, 0.3) is 0 Å². The number of ether oxygens (including phenoxy) is 2. The molecule has 0 aromatic carbocycles. The van der Waals surface area contributed by atoms with Gasteiger partial charge in [-0.2, -0.15) is 0 Å². The lowest BCUT2D eigenvalue weighted by molar-refractivity contribution is -0.139. The number of allylic oxidation sites excluding steroid dienone is 2. The number of fused-ring (bicyclic) bond motifs is 2. The molecule has 0 saturated carbocycles. The highest BCUT2D eigenvalue weighted by Crippen LogP contribution is 2.34. The molecule has 3 rings (SSSR count). The van der Waals surface area contributed by atoms with Gasteiger partial charge in [-0.3, -0.25) is 0 Å². The zero-order valence-electron chi connectivity index (χ0n) is 14.3. The number of esters is 2. The van der Waals surface area contributed by atoms with Gasteiger partial charge in [0, 0.05) is 23.5 Å². The number of hydrogen-bond acceptors (Lipinski definition) is 4. The van der Waals surface area contributed by atoms with E-state index in [1.807, 2.05) is 19.1 Å². The zero-order chi connectivity index (χ0) is 17.3. The first-order chi connectivity index (χ1) is 11.4. The summed E-state index contributed by atoms with van der Waals surface area (Å²) in [6, 6.07) is 0. The molecule has 0 radical (unpaired) electrons. The highest BCUT2D eigenvalue weighted by Gasteiger charge is 2.37. The normalized spacial score (nSPS) is 35.7. The maximum atomic E-state index is 11.9. The van der Waals surface area contributed by atoms with Crippen LogP contribution in [0.2, 0.25) is 0 Å². The molecule has 4 heteroatoms. The van der Waals surface area contributed by atoms with Crippen LogP contribution in [0.3, 0.4) is 0 Å². The van der Waals surface area contributed by atoms with Gasteiger partial charge < -0.3 is 9.47 Å². The third-order valence-electron chi connectivity index (χ3n) is 4.99. The van der Waals surface area contributed by atoms with E-state index < -0.39 is 0 Å². The molecule has 0 aromatic rings. The van der Waals surface area contributed by atoms with Gasteiger partial charge in [0.05, 0.1) is 0 Å². The minimum atomic E-state index is -0.297. The Labute approximate surface area is 142 Å². The minimum absolute atomic E-state index is 0.0240. The average molecular weight is 328 g/mol. The fourth-order valence-electron chi connectivity index (χ4n) is 3.57. The Bertz CT molecular complexity index is 665. The van der Waals surface area contributed by atoms with Crippen molar-refractivity contribution in [1.82, 2.24) is 0 Å². The largest absolute Gasteiger partial charge is 0.454 e. The van der Waals surface area contributed by atoms with E-state index in [4.69, 9.17) is 9.47 Å². The van der Waals surface area contributed by atoms with Gasteiger partial charge in [0.2, 0.25) is 0 Å². The standard InChI is InChI=1S/C20H24O4/c1-12-5-4-6-15-11-16(23-20(15)22)9-13(2)10-18-17(8-7-12)14(3)19(21)24-18/h5,10-11,16-18H,3-4,6-9H2,1-2H3/b12-5-,13-10+/t16-,17+,18+/m0/s1. The van der Waals surface area contributed by atoms with Crippen molar-refractivity contribution in [2.45, 2.75) is 58.2 Å². The average Bonchev–Trinajstić information content (AvgIpc) is 2.97. The molecule has 3 aliphatic rings. The number of carbonyl (C=O) groups is 2. The SMILES string of the molecule is C=C1C(=O)O[C@@H]2/C=C(\C)C[C@H]3C=C(CC/C=C(/C)CC[C@H]12)C(=O)O3. The summed E-state index contributed by atoms with van der Waals surface area (Å²) in [5, 5.41) is 0. The van der Waals surface area contributed by atoms with Crippen LogP contribution < -0.4 is 0 Å². The summed E-state index contributed by atoms with van der Waals surface area (Å²) < 4.78 is 10.9. The van der Waals surface area contributed by atoms with E-state index in [9.17, 15) is 9.59 Å². The fourth-order valence-corrected chi connectivity index (χ4v) is 3.57. The van der Waals surface area contributed by atoms with E-state index in [0.29, 0.717) is 12.0 Å². The van der Waals surface area contributed by atoms with E-state index in [0.717, 1.165) is 36.8 Å². The smallest absolute Gasteiger partial charge is 0.334 e. The Kier molecular flexibility index (Phi) is 4.74. The summed E-state index contributed by atoms with van der Waals surface area (Å²) in [5.41, 5.74) is 3.67. The maximum absolute atomic E-state index is 11.9. The van der Waals surface area contributed by atoms with Crippen molar-refractivity contribution in [3.63, 3.8) is 0 Å². The molecule has 0 unspecified atom stereocenters. The first-order valence-corrected chi connectivity index (χ1v) is 8.58. The summed E-state index contributed by atoms with van der Waals surface area (Å²) in [7, 11) is 0. The quantitative estimate of drug-likeness (QED) is 0.386. The lowest BCUT2D eigenvalue weighted by atomic mass is 9.89. The van der Waals surface area contributed by atoms with Crippen molar-refractivity contribution in [2.24, 2.45) is 5.92 Å². The van der Waals surface area contributed by atoms with Gasteiger partial charge in [-0.15, -0.1) is 0 Å². The molecule has 128 valence electrons. The molecule has 0 spiro atoms. The van der Waals surface area contributed by atoms with E-state index in [-0.39, 0.29) is 30.1 Å². The molecule has 2 aliphatic heterocycles. The molecular weight excluding hydrogens is 304 g/mol. The number of rotatable bonds is 0. The van der Waals surface area contributed by atoms with Crippen LogP contribution in [-0.4, -0.2) is 24.1 Å². The van der Waals surface area contributed by atoms with Crippen LogP contribution >= 0.6 is 0 Å². The number of hydrogen-bond donors (Lipinski definition) is 0. The second-order valence-corrected chi connectivity index (χ2v) is 6.98. The van der Waals surface area contributed by atoms with Crippen LogP contribution in [0, 0.1) is 5.92 Å². The second kappa shape index (κ2) is 6.80. The Balaban J connectivity index is 1.86. The number of carbonyl (C=O) groups excluding carboxylic acids is 2. The third kappa shape index (κ3) is 3.53. The predicted molar refractivity (Wildman–Crippen MR) is 91.1 cm³/mol. The summed E-state index contributed by atoms with van der Waals surface area (Å²) in [6.07, 6.45) is 9.56. The molecule has 0 N–H and O–H groups in total. The molecule has 3 atom stereocenters. The van der Waals surface area contributed by atoms with Crippen molar-refractivity contribution in [3.8, 4) is 0 Å². The second-order valence-electron chi connectivity index (χ2n) is 6.98. The lowest BCUT2D eigenvalue weighted by Gasteiger charge is -2.16. The minimum Gasteiger partial charge on any atom is -0.454 e. The molecular formula is C20H24O4. The van der Waals surface area contributed by atoms with Gasteiger partial charge in [-0.25, -0.2) is 9.59 Å². The molecule has 0 amide bonds. The zero-order valence-corrected chi connectivity index (χ0v) is 14.3. The lowest BCUT2D eigenvalue weighted by Crippen LogP contribution is -2.16. The van der Waals surface area contributed by atoms with E-state index in [1.54, 1.807) is 0 Å². The van der Waals surface area contributed by atoms with E-state index >= 15 is 0 Å². The first kappa shape index (κ1) is 16.7. The van der Waals surface area contributed by atoms with Gasteiger partial charge in [0.25, 0.3) is 0 Å². The summed E-state index contributed by atoms with van der Waals surface area (Å²) >= 11 is 0. The van der Waals surface area contributed by atoms with Gasteiger partial charge in [-0.1, -0.05) is 23.8 Å². The van der Waals surface area contributed by atoms with Crippen LogP contribution in [0.5, 0.6) is 0 Å². The fraction of sp³-hybridized carbons (Fsp3) is 0.500. The molecule has 1 fully saturated rings. The Morgan fingerprint density at radius 2 is 1.83 bits per heavy atom. The van der Waals surface area contributed by atoms with Crippen molar-refractivity contribution < 1.29 is 19.1 Å². The highest BCUT2D eigenvalue weighted by molar-refractivity contribution is 5.91. The third-order valence-corrected chi connectivity index (χ3v) is 4.99. The maximum Gasteiger partial charge on any atom is 0.334 e. The monoisotopic (exact) mass is 328 g/mol. The van der Waals surface area contributed by atoms with Crippen molar-refractivity contribution in [3.05, 3.63) is 47.1 Å². The van der Waals surface area contributed by atoms with Gasteiger partial charge in [0.15, 0.2) is 0 Å². The summed E-state index contributed by atoms with van der Waals surface area (Å²) in [6.45, 7) is 8.00. The predicted octanol–water partition coefficient (Wildman–Crippen LogP) is 3.79. The van der Waals surface area contributed by atoms with E-state index in [2.05, 4.69) is 19.6 Å². The molecule has 1 aliphatic carbocycles. The van der Waals surface area contributed by atoms with Crippen molar-refractivity contribution in [2.75, 3.05) is 0 Å². The molecule has 2 heterocycles. The van der Waals surface area contributed by atoms with Gasteiger partial charge in [-0.05, 0) is 51.7 Å². The van der Waals surface area contributed by atoms with Gasteiger partial charge in [0.1, 0.15) is 12.2 Å². The molecule has 4 nitrogen and oxygen atoms in total. The first-order valence-electron chi connectivity index (χ1n) is 8.58. The highest BCUT2D eigenvalue weighted by atomic mass is 16.6. The Morgan fingerprint density at radius 3 is 2.62 bits per heavy atom. The molecule has 24 heavy (non-hydrogen) atoms. The van der Waals surface area contributed by atoms with Crippen LogP contribution in [0.1, 0.15) is 46.0 Å². The van der Waals surface area contributed by atoms with Crippen LogP contribution in [0.15, 0.2) is 47.1 Å². The van der Waals surface area contributed by atoms with Crippen LogP contribution in [-0.2, 0) is 19.1 Å². The van der Waals surface area contributed by atoms with Crippen LogP contribution in [0.4, 0.5) is 0 Å². The van der Waals surface area contributed by atoms with Crippen molar-refractivity contribution in [1.29, 1.82) is 0 Å². The summed E-state index contributed by atoms with van der Waals surface area (Å²) in [5.74, 6) is -0.474. The molecule has 2 bridgehead atoms. The topological polar surface area (TPSA) is 52.6 Å². The Hall–Kier alpha value is -2.10. The summed E-state index contributed by atoms with van der Waals surface area (Å²) in [4.78, 5) is 23.8. The Morgan fingerprint density at radius 1 is 1.04 bits per heavy atom. The van der Waals surface area contributed by atoms with E-state index in [1.165, 1.54) is 5.57 Å². The van der Waals surface area contributed by atoms with Gasteiger partial charge >= 0.3 is 11.9 Å².